The summed E-state index contributed by atoms with van der Waals surface area (Å²) in [6.07, 6.45) is 3.41. The molecule has 1 atom stereocenters. The fraction of sp³-hybridized carbons (Fsp3) is 0.222. The maximum absolute atomic E-state index is 12.5. The van der Waals surface area contributed by atoms with Gasteiger partial charge in [-0.15, -0.1) is 0 Å². The van der Waals surface area contributed by atoms with Crippen LogP contribution in [0.3, 0.4) is 0 Å². The Balaban J connectivity index is 1.54. The molecule has 0 fully saturated rings. The molecule has 0 spiro atoms. The fourth-order valence-electron chi connectivity index (χ4n) is 3.23. The molecule has 7 heteroatoms. The molecule has 126 valence electrons. The molecule has 25 heavy (non-hydrogen) atoms. The van der Waals surface area contributed by atoms with Crippen LogP contribution < -0.4 is 11.1 Å². The number of nitrogen functional groups attached to an aromatic ring is 1. The largest absolute Gasteiger partial charge is 0.396 e. The Hall–Kier alpha value is -3.22. The van der Waals surface area contributed by atoms with Gasteiger partial charge in [-0.05, 0) is 16.7 Å². The van der Waals surface area contributed by atoms with E-state index in [2.05, 4.69) is 20.3 Å². The highest BCUT2D eigenvalue weighted by Crippen LogP contribution is 2.30. The minimum absolute atomic E-state index is 0.0750. The van der Waals surface area contributed by atoms with Crippen molar-refractivity contribution in [3.05, 3.63) is 53.1 Å². The molecule has 0 saturated heterocycles. The molecule has 0 saturated carbocycles. The number of benzene rings is 1. The number of aromatic amines is 1. The molecule has 2 aromatic heterocycles. The smallest absolute Gasteiger partial charge is 0.272 e. The minimum atomic E-state index is -0.307. The van der Waals surface area contributed by atoms with Gasteiger partial charge in [0.05, 0.1) is 11.2 Å². The van der Waals surface area contributed by atoms with Crippen molar-refractivity contribution in [1.82, 2.24) is 20.3 Å². The number of hydrogen-bond acceptors (Lipinski definition) is 5. The molecule has 7 nitrogen and oxygen atoms in total. The quantitative estimate of drug-likeness (QED) is 0.674. The van der Waals surface area contributed by atoms with Crippen molar-refractivity contribution in [2.75, 3.05) is 5.73 Å². The number of rotatable bonds is 3. The number of H-pyrrole nitrogens is 1. The summed E-state index contributed by atoms with van der Waals surface area (Å²) < 4.78 is 0. The lowest BCUT2D eigenvalue weighted by Gasteiger charge is -2.09. The van der Waals surface area contributed by atoms with E-state index in [1.54, 1.807) is 6.20 Å². The summed E-state index contributed by atoms with van der Waals surface area (Å²) in [7, 11) is 0. The molecule has 4 rings (SSSR count). The average Bonchev–Trinajstić information content (AvgIpc) is 3.13. The van der Waals surface area contributed by atoms with E-state index in [1.165, 1.54) is 6.33 Å². The number of anilines is 1. The van der Waals surface area contributed by atoms with Crippen LogP contribution in [0.4, 0.5) is 5.69 Å². The first-order chi connectivity index (χ1) is 12.0. The zero-order valence-corrected chi connectivity index (χ0v) is 13.7. The molecular weight excluding hydrogens is 318 g/mol. The zero-order chi connectivity index (χ0) is 17.6. The third-order valence-electron chi connectivity index (χ3n) is 4.69. The second kappa shape index (κ2) is 5.70. The molecular formula is C18H17N5O2. The van der Waals surface area contributed by atoms with Gasteiger partial charge >= 0.3 is 0 Å². The molecule has 0 aliphatic heterocycles. The van der Waals surface area contributed by atoms with E-state index in [-0.39, 0.29) is 23.3 Å². The molecule has 1 aliphatic carbocycles. The Bertz CT molecular complexity index is 1010. The first-order valence-corrected chi connectivity index (χ1v) is 8.04. The molecule has 2 heterocycles. The van der Waals surface area contributed by atoms with E-state index in [0.717, 1.165) is 16.7 Å². The van der Waals surface area contributed by atoms with Gasteiger partial charge in [-0.25, -0.2) is 9.97 Å². The molecule has 3 aromatic rings. The van der Waals surface area contributed by atoms with Gasteiger partial charge in [0.1, 0.15) is 17.6 Å². The van der Waals surface area contributed by atoms with Gasteiger partial charge in [0.25, 0.3) is 5.91 Å². The van der Waals surface area contributed by atoms with Crippen molar-refractivity contribution in [3.8, 4) is 0 Å². The lowest BCUT2D eigenvalue weighted by molar-refractivity contribution is -0.118. The normalized spacial score (nSPS) is 16.2. The third kappa shape index (κ3) is 2.53. The highest BCUT2D eigenvalue weighted by Gasteiger charge is 2.26. The monoisotopic (exact) mass is 335 g/mol. The Morgan fingerprint density at radius 1 is 1.40 bits per heavy atom. The van der Waals surface area contributed by atoms with Gasteiger partial charge in [0.2, 0.25) is 0 Å². The first kappa shape index (κ1) is 15.3. The summed E-state index contributed by atoms with van der Waals surface area (Å²) >= 11 is 0. The topological polar surface area (TPSA) is 114 Å². The Kier molecular flexibility index (Phi) is 3.49. The van der Waals surface area contributed by atoms with Gasteiger partial charge in [-0.3, -0.25) is 9.59 Å². The van der Waals surface area contributed by atoms with Crippen molar-refractivity contribution < 1.29 is 9.59 Å². The average molecular weight is 335 g/mol. The number of amides is 1. The first-order valence-electron chi connectivity index (χ1n) is 8.04. The van der Waals surface area contributed by atoms with Crippen molar-refractivity contribution in [2.24, 2.45) is 0 Å². The maximum atomic E-state index is 12.5. The zero-order valence-electron chi connectivity index (χ0n) is 13.7. The van der Waals surface area contributed by atoms with Gasteiger partial charge in [-0.1, -0.05) is 25.1 Å². The summed E-state index contributed by atoms with van der Waals surface area (Å²) in [6, 6.07) is 5.90. The van der Waals surface area contributed by atoms with Crippen molar-refractivity contribution in [3.63, 3.8) is 0 Å². The summed E-state index contributed by atoms with van der Waals surface area (Å²) in [5.41, 5.74) is 10.7. The minimum Gasteiger partial charge on any atom is -0.396 e. The van der Waals surface area contributed by atoms with Crippen LogP contribution in [0.2, 0.25) is 0 Å². The number of hydrogen-bond donors (Lipinski definition) is 3. The van der Waals surface area contributed by atoms with Crippen LogP contribution in [0, 0.1) is 0 Å². The summed E-state index contributed by atoms with van der Waals surface area (Å²) in [6.45, 7) is 2.28. The third-order valence-corrected chi connectivity index (χ3v) is 4.69. The molecule has 4 N–H and O–H groups in total. The number of carbonyl (C=O) groups excluding carboxylic acids is 2. The molecule has 1 amide bonds. The Labute approximate surface area is 143 Å². The van der Waals surface area contributed by atoms with E-state index in [4.69, 9.17) is 5.73 Å². The number of aromatic nitrogens is 3. The fourth-order valence-corrected chi connectivity index (χ4v) is 3.23. The highest BCUT2D eigenvalue weighted by molar-refractivity contribution is 6.05. The number of Topliss-reactive ketones (excluding diaryl/α,β-unsaturated/α-hetero) is 1. The number of nitrogens with zero attached hydrogens (tertiary/aromatic N) is 2. The maximum Gasteiger partial charge on any atom is 0.272 e. The number of ketones is 1. The molecule has 0 radical (unpaired) electrons. The van der Waals surface area contributed by atoms with Gasteiger partial charge < -0.3 is 16.0 Å². The second-order valence-electron chi connectivity index (χ2n) is 6.27. The van der Waals surface area contributed by atoms with Crippen LogP contribution in [-0.4, -0.2) is 26.6 Å². The molecule has 1 unspecified atom stereocenters. The number of nitrogens with two attached hydrogens (primary N) is 1. The number of nitrogens with one attached hydrogen (secondary N) is 2. The Morgan fingerprint density at radius 3 is 3.08 bits per heavy atom. The standard InChI is InChI=1S/C18H17N5O2/c1-9-12-4-10(2-3-11(12)5-14(9)24)6-21-18(25)17-16-15(22-8-23-17)13(19)7-20-16/h2-4,7-9,20H,5-6,19H2,1H3,(H,21,25). The Morgan fingerprint density at radius 2 is 2.24 bits per heavy atom. The van der Waals surface area contributed by atoms with E-state index < -0.39 is 0 Å². The number of carbonyl (C=O) groups is 2. The predicted octanol–water partition coefficient (Wildman–Crippen LogP) is 1.70. The van der Waals surface area contributed by atoms with Crippen molar-refractivity contribution in [1.29, 1.82) is 0 Å². The molecule has 1 aromatic carbocycles. The van der Waals surface area contributed by atoms with Crippen LogP contribution in [0.15, 0.2) is 30.7 Å². The van der Waals surface area contributed by atoms with Crippen molar-refractivity contribution in [2.45, 2.75) is 25.8 Å². The summed E-state index contributed by atoms with van der Waals surface area (Å²) in [5, 5.41) is 2.86. The van der Waals surface area contributed by atoms with Gasteiger partial charge in [0.15, 0.2) is 5.69 Å². The van der Waals surface area contributed by atoms with Gasteiger partial charge in [0, 0.05) is 25.1 Å². The van der Waals surface area contributed by atoms with Gasteiger partial charge in [-0.2, -0.15) is 0 Å². The summed E-state index contributed by atoms with van der Waals surface area (Å²) in [5.74, 6) is -0.142. The molecule has 0 bridgehead atoms. The van der Waals surface area contributed by atoms with Crippen LogP contribution in [0.25, 0.3) is 11.0 Å². The lowest BCUT2D eigenvalue weighted by Crippen LogP contribution is -2.24. The predicted molar refractivity (Wildman–Crippen MR) is 93.0 cm³/mol. The van der Waals surface area contributed by atoms with E-state index in [0.29, 0.717) is 29.7 Å². The highest BCUT2D eigenvalue weighted by atomic mass is 16.2. The number of fused-ring (bicyclic) bond motifs is 2. The second-order valence-corrected chi connectivity index (χ2v) is 6.27. The van der Waals surface area contributed by atoms with Crippen molar-refractivity contribution >= 4 is 28.4 Å². The van der Waals surface area contributed by atoms with Crippen LogP contribution in [0.1, 0.15) is 40.0 Å². The van der Waals surface area contributed by atoms with Crippen LogP contribution in [-0.2, 0) is 17.8 Å². The van der Waals surface area contributed by atoms with Crippen LogP contribution >= 0.6 is 0 Å². The summed E-state index contributed by atoms with van der Waals surface area (Å²) in [4.78, 5) is 35.4. The van der Waals surface area contributed by atoms with E-state index in [9.17, 15) is 9.59 Å². The molecule has 1 aliphatic rings. The SMILES string of the molecule is CC1C(=O)Cc2ccc(CNC(=O)c3ncnc4c(N)c[nH]c34)cc21. The van der Waals surface area contributed by atoms with E-state index >= 15 is 0 Å². The van der Waals surface area contributed by atoms with E-state index in [1.807, 2.05) is 25.1 Å². The lowest BCUT2D eigenvalue weighted by atomic mass is 10.0. The van der Waals surface area contributed by atoms with Crippen LogP contribution in [0.5, 0.6) is 0 Å².